The summed E-state index contributed by atoms with van der Waals surface area (Å²) < 4.78 is 16.2. The molecule has 3 rings (SSSR count). The summed E-state index contributed by atoms with van der Waals surface area (Å²) in [6, 6.07) is 3.70. The number of carbonyl (C=O) groups is 1. The largest absolute Gasteiger partial charge is 0.493 e. The van der Waals surface area contributed by atoms with Gasteiger partial charge in [-0.25, -0.2) is 4.98 Å². The lowest BCUT2D eigenvalue weighted by atomic mass is 10.0. The quantitative estimate of drug-likeness (QED) is 0.301. The SMILES string of the molecule is CCCCc1c(OCCCCc2cn(C)cn2)cc(C(=O)NC)cc1OCCCCc1cn(C)nn1. The lowest BCUT2D eigenvalue weighted by Gasteiger charge is -2.18. The monoisotopic (exact) mass is 496 g/mol. The number of aryl methyl sites for hydroxylation is 4. The Bertz CT molecular complexity index is 1020. The van der Waals surface area contributed by atoms with Gasteiger partial charge in [-0.1, -0.05) is 18.6 Å². The van der Waals surface area contributed by atoms with Crippen molar-refractivity contribution in [3.63, 3.8) is 0 Å². The fraction of sp³-hybridized carbons (Fsp3) is 0.556. The van der Waals surface area contributed by atoms with E-state index in [0.717, 1.165) is 86.2 Å². The number of hydrogen-bond donors (Lipinski definition) is 1. The Morgan fingerprint density at radius 2 is 1.58 bits per heavy atom. The fourth-order valence-electron chi connectivity index (χ4n) is 4.04. The number of imidazole rings is 1. The molecule has 9 nitrogen and oxygen atoms in total. The van der Waals surface area contributed by atoms with Crippen molar-refractivity contribution in [3.05, 3.63) is 53.4 Å². The lowest BCUT2D eigenvalue weighted by Crippen LogP contribution is -2.18. The molecule has 0 aliphatic heterocycles. The molecule has 0 fully saturated rings. The van der Waals surface area contributed by atoms with Crippen LogP contribution in [0.3, 0.4) is 0 Å². The fourth-order valence-corrected chi connectivity index (χ4v) is 4.04. The van der Waals surface area contributed by atoms with Crippen LogP contribution in [0.15, 0.2) is 30.9 Å². The van der Waals surface area contributed by atoms with E-state index >= 15 is 0 Å². The van der Waals surface area contributed by atoms with E-state index < -0.39 is 0 Å². The molecule has 3 aromatic rings. The first-order valence-electron chi connectivity index (χ1n) is 13.0. The molecule has 0 aliphatic rings. The van der Waals surface area contributed by atoms with Crippen LogP contribution in [-0.2, 0) is 33.4 Å². The smallest absolute Gasteiger partial charge is 0.251 e. The highest BCUT2D eigenvalue weighted by Gasteiger charge is 2.17. The highest BCUT2D eigenvalue weighted by Crippen LogP contribution is 2.33. The highest BCUT2D eigenvalue weighted by atomic mass is 16.5. The van der Waals surface area contributed by atoms with Crippen LogP contribution in [0.1, 0.15) is 72.8 Å². The molecule has 0 aliphatic carbocycles. The molecule has 2 heterocycles. The maximum atomic E-state index is 12.5. The van der Waals surface area contributed by atoms with E-state index in [1.807, 2.05) is 49.5 Å². The number of carbonyl (C=O) groups excluding carboxylic acids is 1. The molecular formula is C27H40N6O3. The second kappa shape index (κ2) is 14.3. The van der Waals surface area contributed by atoms with Crippen LogP contribution in [-0.4, -0.2) is 50.7 Å². The van der Waals surface area contributed by atoms with Crippen molar-refractivity contribution >= 4 is 5.91 Å². The van der Waals surface area contributed by atoms with Gasteiger partial charge in [0.2, 0.25) is 0 Å². The molecular weight excluding hydrogens is 456 g/mol. The van der Waals surface area contributed by atoms with E-state index in [0.29, 0.717) is 18.8 Å². The summed E-state index contributed by atoms with van der Waals surface area (Å²) in [5.41, 5.74) is 3.68. The standard InChI is InChI=1S/C27H40N6O3/c1-5-6-13-24-25(35-14-9-7-11-22-18-32(3)20-29-22)16-21(27(34)28-2)17-26(24)36-15-10-8-12-23-19-33(4)31-30-23/h16-20H,5-15H2,1-4H3,(H,28,34). The maximum absolute atomic E-state index is 12.5. The van der Waals surface area contributed by atoms with Crippen molar-refractivity contribution < 1.29 is 14.3 Å². The van der Waals surface area contributed by atoms with Crippen molar-refractivity contribution in [2.75, 3.05) is 20.3 Å². The average Bonchev–Trinajstić information content (AvgIpc) is 3.49. The summed E-state index contributed by atoms with van der Waals surface area (Å²) >= 11 is 0. The van der Waals surface area contributed by atoms with Gasteiger partial charge >= 0.3 is 0 Å². The molecule has 1 N–H and O–H groups in total. The Morgan fingerprint density at radius 3 is 2.11 bits per heavy atom. The van der Waals surface area contributed by atoms with Gasteiger partial charge in [0.15, 0.2) is 0 Å². The number of aromatic nitrogens is 5. The zero-order chi connectivity index (χ0) is 25.8. The van der Waals surface area contributed by atoms with E-state index in [1.165, 1.54) is 0 Å². The minimum absolute atomic E-state index is 0.149. The van der Waals surface area contributed by atoms with E-state index in [4.69, 9.17) is 9.47 Å². The number of nitrogens with zero attached hydrogens (tertiary/aromatic N) is 5. The second-order valence-electron chi connectivity index (χ2n) is 9.16. The molecule has 0 spiro atoms. The molecule has 0 radical (unpaired) electrons. The van der Waals surface area contributed by atoms with Crippen LogP contribution in [0, 0.1) is 0 Å². The van der Waals surface area contributed by atoms with Gasteiger partial charge in [0.05, 0.1) is 30.9 Å². The van der Waals surface area contributed by atoms with Crippen LogP contribution < -0.4 is 14.8 Å². The van der Waals surface area contributed by atoms with E-state index in [9.17, 15) is 4.79 Å². The predicted octanol–water partition coefficient (Wildman–Crippen LogP) is 4.05. The zero-order valence-electron chi connectivity index (χ0n) is 22.1. The van der Waals surface area contributed by atoms with Gasteiger partial charge in [-0.2, -0.15) is 0 Å². The van der Waals surface area contributed by atoms with Gasteiger partial charge in [0.25, 0.3) is 5.91 Å². The Labute approximate surface area is 214 Å². The molecule has 9 heteroatoms. The minimum atomic E-state index is -0.149. The van der Waals surface area contributed by atoms with Crippen molar-refractivity contribution in [1.82, 2.24) is 29.9 Å². The third kappa shape index (κ3) is 8.39. The Morgan fingerprint density at radius 1 is 0.917 bits per heavy atom. The highest BCUT2D eigenvalue weighted by molar-refractivity contribution is 5.95. The number of nitrogens with one attached hydrogen (secondary N) is 1. The number of amides is 1. The Hall–Kier alpha value is -3.36. The van der Waals surface area contributed by atoms with Crippen molar-refractivity contribution in [3.8, 4) is 11.5 Å². The molecule has 1 amide bonds. The molecule has 0 unspecified atom stereocenters. The zero-order valence-corrected chi connectivity index (χ0v) is 22.1. The number of unbranched alkanes of at least 4 members (excludes halogenated alkanes) is 3. The molecule has 196 valence electrons. The van der Waals surface area contributed by atoms with Gasteiger partial charge in [-0.05, 0) is 63.5 Å². The summed E-state index contributed by atoms with van der Waals surface area (Å²) in [4.78, 5) is 16.9. The Kier molecular flexibility index (Phi) is 10.8. The number of rotatable bonds is 16. The van der Waals surface area contributed by atoms with Crippen molar-refractivity contribution in [2.24, 2.45) is 14.1 Å². The van der Waals surface area contributed by atoms with E-state index in [1.54, 1.807) is 11.7 Å². The van der Waals surface area contributed by atoms with E-state index in [-0.39, 0.29) is 5.91 Å². The maximum Gasteiger partial charge on any atom is 0.251 e. The van der Waals surface area contributed by atoms with Gasteiger partial charge in [0.1, 0.15) is 11.5 Å². The summed E-state index contributed by atoms with van der Waals surface area (Å²) in [6.45, 7) is 3.32. The topological polar surface area (TPSA) is 96.1 Å². The average molecular weight is 497 g/mol. The first-order chi connectivity index (χ1) is 17.5. The van der Waals surface area contributed by atoms with Crippen LogP contribution in [0.4, 0.5) is 0 Å². The number of ether oxygens (including phenoxy) is 2. The first kappa shape index (κ1) is 27.2. The van der Waals surface area contributed by atoms with Crippen LogP contribution >= 0.6 is 0 Å². The molecule has 36 heavy (non-hydrogen) atoms. The van der Waals surface area contributed by atoms with E-state index in [2.05, 4.69) is 27.5 Å². The van der Waals surface area contributed by atoms with Gasteiger partial charge in [-0.3, -0.25) is 9.48 Å². The van der Waals surface area contributed by atoms with Crippen LogP contribution in [0.25, 0.3) is 0 Å². The molecule has 0 atom stereocenters. The van der Waals surface area contributed by atoms with Crippen LogP contribution in [0.2, 0.25) is 0 Å². The van der Waals surface area contributed by atoms with Crippen molar-refractivity contribution in [1.29, 1.82) is 0 Å². The first-order valence-corrected chi connectivity index (χ1v) is 13.0. The molecule has 0 bridgehead atoms. The number of hydrogen-bond acceptors (Lipinski definition) is 6. The number of benzene rings is 1. The summed E-state index contributed by atoms with van der Waals surface area (Å²) in [6.07, 6.45) is 14.3. The normalized spacial score (nSPS) is 11.0. The Balaban J connectivity index is 1.62. The van der Waals surface area contributed by atoms with Gasteiger partial charge < -0.3 is 19.4 Å². The predicted molar refractivity (Wildman–Crippen MR) is 140 cm³/mol. The molecule has 0 saturated carbocycles. The second-order valence-corrected chi connectivity index (χ2v) is 9.16. The van der Waals surface area contributed by atoms with Gasteiger partial charge in [0, 0.05) is 44.7 Å². The third-order valence-corrected chi connectivity index (χ3v) is 6.02. The van der Waals surface area contributed by atoms with Crippen molar-refractivity contribution in [2.45, 2.75) is 64.7 Å². The van der Waals surface area contributed by atoms with Crippen LogP contribution in [0.5, 0.6) is 11.5 Å². The van der Waals surface area contributed by atoms with Gasteiger partial charge in [-0.15, -0.1) is 5.10 Å². The molecule has 0 saturated heterocycles. The summed E-state index contributed by atoms with van der Waals surface area (Å²) in [5, 5.41) is 10.8. The summed E-state index contributed by atoms with van der Waals surface area (Å²) in [5.74, 6) is 1.34. The third-order valence-electron chi connectivity index (χ3n) is 6.02. The molecule has 1 aromatic carbocycles. The molecule has 2 aromatic heterocycles. The minimum Gasteiger partial charge on any atom is -0.493 e. The summed E-state index contributed by atoms with van der Waals surface area (Å²) in [7, 11) is 5.49. The lowest BCUT2D eigenvalue weighted by molar-refractivity contribution is 0.0962.